The lowest BCUT2D eigenvalue weighted by atomic mass is 10.1. The molecule has 0 unspecified atom stereocenters. The quantitative estimate of drug-likeness (QED) is 0.864. The lowest BCUT2D eigenvalue weighted by molar-refractivity contribution is -0.112. The predicted octanol–water partition coefficient (Wildman–Crippen LogP) is 3.88. The van der Waals surface area contributed by atoms with Gasteiger partial charge in [-0.2, -0.15) is 0 Å². The number of fused-ring (bicyclic) bond motifs is 1. The van der Waals surface area contributed by atoms with E-state index in [-0.39, 0.29) is 5.91 Å². The van der Waals surface area contributed by atoms with Crippen molar-refractivity contribution >= 4 is 22.4 Å². The van der Waals surface area contributed by atoms with Crippen LogP contribution in [0.15, 0.2) is 35.2 Å². The Labute approximate surface area is 139 Å². The molecule has 0 saturated heterocycles. The van der Waals surface area contributed by atoms with Crippen molar-refractivity contribution in [3.63, 3.8) is 0 Å². The highest BCUT2D eigenvalue weighted by Crippen LogP contribution is 2.35. The van der Waals surface area contributed by atoms with Crippen molar-refractivity contribution in [2.45, 2.75) is 20.3 Å². The zero-order valence-electron chi connectivity index (χ0n) is 13.1. The lowest BCUT2D eigenvalue weighted by Gasteiger charge is -2.18. The number of rotatable bonds is 4. The summed E-state index contributed by atoms with van der Waals surface area (Å²) in [4.78, 5) is 16.5. The molecule has 3 rings (SSSR count). The van der Waals surface area contributed by atoms with E-state index in [4.69, 9.17) is 9.47 Å². The molecule has 0 atom stereocenters. The highest BCUT2D eigenvalue weighted by atomic mass is 32.1. The number of hydrogen-bond donors (Lipinski definition) is 1. The molecule has 2 heterocycles. The standard InChI is InChI=1S/C17H18N2O3S/c1-3-4-11(2)16(20)19-17-18-13(10-23-17)12-5-6-14-15(9-12)22-8-7-21-14/h4-6,9-10H,3,7-8H2,1-2H3,(H,18,19,20)/b11-4-. The number of carbonyl (C=O) groups excluding carboxylic acids is 1. The third kappa shape index (κ3) is 3.53. The Morgan fingerprint density at radius 2 is 2.13 bits per heavy atom. The van der Waals surface area contributed by atoms with E-state index in [2.05, 4.69) is 10.3 Å². The van der Waals surface area contributed by atoms with Gasteiger partial charge in [-0.15, -0.1) is 11.3 Å². The fourth-order valence-electron chi connectivity index (χ4n) is 2.26. The van der Waals surface area contributed by atoms with E-state index in [1.165, 1.54) is 11.3 Å². The van der Waals surface area contributed by atoms with Crippen molar-refractivity contribution in [2.75, 3.05) is 18.5 Å². The van der Waals surface area contributed by atoms with Crippen LogP contribution in [0.4, 0.5) is 5.13 Å². The van der Waals surface area contributed by atoms with Crippen LogP contribution < -0.4 is 14.8 Å². The molecule has 0 spiro atoms. The molecule has 6 heteroatoms. The van der Waals surface area contributed by atoms with Gasteiger partial charge in [0.25, 0.3) is 5.91 Å². The van der Waals surface area contributed by atoms with Crippen LogP contribution in [0.3, 0.4) is 0 Å². The molecule has 1 aromatic carbocycles. The summed E-state index contributed by atoms with van der Waals surface area (Å²) in [6.45, 7) is 4.93. The van der Waals surface area contributed by atoms with Gasteiger partial charge in [0.1, 0.15) is 13.2 Å². The van der Waals surface area contributed by atoms with E-state index in [1.54, 1.807) is 6.92 Å². The van der Waals surface area contributed by atoms with Gasteiger partial charge in [-0.25, -0.2) is 4.98 Å². The Morgan fingerprint density at radius 3 is 2.91 bits per heavy atom. The van der Waals surface area contributed by atoms with Crippen molar-refractivity contribution < 1.29 is 14.3 Å². The molecule has 0 fully saturated rings. The van der Waals surface area contributed by atoms with Crippen LogP contribution in [0, 0.1) is 0 Å². The maximum Gasteiger partial charge on any atom is 0.252 e. The first kappa shape index (κ1) is 15.6. The Balaban J connectivity index is 1.77. The van der Waals surface area contributed by atoms with Gasteiger partial charge in [-0.3, -0.25) is 10.1 Å². The van der Waals surface area contributed by atoms with Gasteiger partial charge in [0.2, 0.25) is 0 Å². The number of carbonyl (C=O) groups is 1. The van der Waals surface area contributed by atoms with E-state index < -0.39 is 0 Å². The van der Waals surface area contributed by atoms with Crippen LogP contribution in [-0.4, -0.2) is 24.1 Å². The number of nitrogens with zero attached hydrogens (tertiary/aromatic N) is 1. The maximum absolute atomic E-state index is 12.0. The summed E-state index contributed by atoms with van der Waals surface area (Å²) in [7, 11) is 0. The summed E-state index contributed by atoms with van der Waals surface area (Å²) < 4.78 is 11.1. The first-order valence-corrected chi connectivity index (χ1v) is 8.39. The van der Waals surface area contributed by atoms with Gasteiger partial charge in [0.15, 0.2) is 16.6 Å². The molecule has 1 aromatic heterocycles. The molecule has 0 saturated carbocycles. The number of ether oxygens (including phenoxy) is 2. The summed E-state index contributed by atoms with van der Waals surface area (Å²) in [5.41, 5.74) is 2.44. The van der Waals surface area contributed by atoms with Crippen molar-refractivity contribution in [3.05, 3.63) is 35.2 Å². The second-order valence-electron chi connectivity index (χ2n) is 5.15. The molecule has 1 amide bonds. The monoisotopic (exact) mass is 330 g/mol. The van der Waals surface area contributed by atoms with Crippen LogP contribution in [0.2, 0.25) is 0 Å². The topological polar surface area (TPSA) is 60.5 Å². The summed E-state index contributed by atoms with van der Waals surface area (Å²) in [6, 6.07) is 5.74. The fraction of sp³-hybridized carbons (Fsp3) is 0.294. The second kappa shape index (κ2) is 6.83. The highest BCUT2D eigenvalue weighted by Gasteiger charge is 2.14. The fourth-order valence-corrected chi connectivity index (χ4v) is 2.98. The summed E-state index contributed by atoms with van der Waals surface area (Å²) in [5.74, 6) is 1.37. The number of nitrogens with one attached hydrogen (secondary N) is 1. The van der Waals surface area contributed by atoms with Gasteiger partial charge in [-0.05, 0) is 31.5 Å². The van der Waals surface area contributed by atoms with Gasteiger partial charge in [-0.1, -0.05) is 13.0 Å². The number of aromatic nitrogens is 1. The average molecular weight is 330 g/mol. The van der Waals surface area contributed by atoms with E-state index in [0.29, 0.717) is 23.9 Å². The van der Waals surface area contributed by atoms with Crippen molar-refractivity contribution in [2.24, 2.45) is 0 Å². The van der Waals surface area contributed by atoms with Gasteiger partial charge in [0, 0.05) is 16.5 Å². The second-order valence-corrected chi connectivity index (χ2v) is 6.00. The zero-order chi connectivity index (χ0) is 16.2. The van der Waals surface area contributed by atoms with E-state index in [9.17, 15) is 4.79 Å². The largest absolute Gasteiger partial charge is 0.486 e. The molecule has 23 heavy (non-hydrogen) atoms. The SMILES string of the molecule is CC/C=C(/C)C(=O)Nc1nc(-c2ccc3c(c2)OCCO3)cs1. The molecule has 120 valence electrons. The molecule has 1 N–H and O–H groups in total. The van der Waals surface area contributed by atoms with Crippen LogP contribution in [0.5, 0.6) is 11.5 Å². The maximum atomic E-state index is 12.0. The molecule has 2 aromatic rings. The van der Waals surface area contributed by atoms with Crippen LogP contribution in [0.25, 0.3) is 11.3 Å². The molecule has 1 aliphatic heterocycles. The van der Waals surface area contributed by atoms with Crippen LogP contribution in [-0.2, 0) is 4.79 Å². The average Bonchev–Trinajstić information content (AvgIpc) is 3.03. The van der Waals surface area contributed by atoms with Crippen molar-refractivity contribution in [3.8, 4) is 22.8 Å². The minimum atomic E-state index is -0.116. The minimum absolute atomic E-state index is 0.116. The molecular weight excluding hydrogens is 312 g/mol. The van der Waals surface area contributed by atoms with E-state index in [0.717, 1.165) is 29.2 Å². The lowest BCUT2D eigenvalue weighted by Crippen LogP contribution is -2.15. The highest BCUT2D eigenvalue weighted by molar-refractivity contribution is 7.14. The smallest absolute Gasteiger partial charge is 0.252 e. The Morgan fingerprint density at radius 1 is 1.35 bits per heavy atom. The molecule has 0 radical (unpaired) electrons. The van der Waals surface area contributed by atoms with Crippen LogP contribution >= 0.6 is 11.3 Å². The van der Waals surface area contributed by atoms with Gasteiger partial charge in [0.05, 0.1) is 5.69 Å². The number of allylic oxidation sites excluding steroid dienone is 1. The number of anilines is 1. The third-order valence-corrected chi connectivity index (χ3v) is 4.19. The summed E-state index contributed by atoms with van der Waals surface area (Å²) >= 11 is 1.40. The Hall–Kier alpha value is -2.34. The molecule has 0 bridgehead atoms. The number of amides is 1. The number of benzene rings is 1. The molecule has 0 aliphatic carbocycles. The zero-order valence-corrected chi connectivity index (χ0v) is 13.9. The first-order valence-electron chi connectivity index (χ1n) is 7.51. The Bertz CT molecular complexity index is 752. The number of hydrogen-bond acceptors (Lipinski definition) is 5. The van der Waals surface area contributed by atoms with Gasteiger partial charge >= 0.3 is 0 Å². The third-order valence-electron chi connectivity index (χ3n) is 3.43. The van der Waals surface area contributed by atoms with Crippen molar-refractivity contribution in [1.29, 1.82) is 0 Å². The Kier molecular flexibility index (Phi) is 4.62. The van der Waals surface area contributed by atoms with E-state index >= 15 is 0 Å². The minimum Gasteiger partial charge on any atom is -0.486 e. The molecular formula is C17H18N2O3S. The molecule has 5 nitrogen and oxygen atoms in total. The summed E-state index contributed by atoms with van der Waals surface area (Å²) in [6.07, 6.45) is 2.73. The summed E-state index contributed by atoms with van der Waals surface area (Å²) in [5, 5.41) is 5.33. The van der Waals surface area contributed by atoms with Crippen molar-refractivity contribution in [1.82, 2.24) is 4.98 Å². The normalized spacial score (nSPS) is 13.7. The predicted molar refractivity (Wildman–Crippen MR) is 91.2 cm³/mol. The molecule has 1 aliphatic rings. The van der Waals surface area contributed by atoms with Gasteiger partial charge < -0.3 is 9.47 Å². The number of thiazole rings is 1. The van der Waals surface area contributed by atoms with E-state index in [1.807, 2.05) is 36.6 Å². The first-order chi connectivity index (χ1) is 11.2. The van der Waals surface area contributed by atoms with Crippen LogP contribution in [0.1, 0.15) is 20.3 Å².